The molecule has 1 unspecified atom stereocenters. The molecule has 1 aromatic heterocycles. The van der Waals surface area contributed by atoms with Crippen molar-refractivity contribution in [2.45, 2.75) is 19.9 Å². The summed E-state index contributed by atoms with van der Waals surface area (Å²) in [6, 6.07) is 9.29. The van der Waals surface area contributed by atoms with Crippen LogP contribution in [0.3, 0.4) is 0 Å². The van der Waals surface area contributed by atoms with Gasteiger partial charge in [0.2, 0.25) is 0 Å². The van der Waals surface area contributed by atoms with Crippen LogP contribution in [0.1, 0.15) is 25.5 Å². The highest BCUT2D eigenvalue weighted by molar-refractivity contribution is 5.77. The molecule has 0 fully saturated rings. The molecule has 0 aliphatic carbocycles. The molecule has 0 aliphatic rings. The Bertz CT molecular complexity index is 578. The van der Waals surface area contributed by atoms with Gasteiger partial charge in [-0.05, 0) is 24.6 Å². The average Bonchev–Trinajstić information content (AvgIpc) is 2.97. The summed E-state index contributed by atoms with van der Waals surface area (Å²) in [4.78, 5) is 11.9. The van der Waals surface area contributed by atoms with E-state index in [1.54, 1.807) is 10.9 Å². The zero-order chi connectivity index (χ0) is 15.2. The smallest absolute Gasteiger partial charge is 0.327 e. The first-order valence-corrected chi connectivity index (χ1v) is 7.03. The summed E-state index contributed by atoms with van der Waals surface area (Å²) in [7, 11) is 1.40. The highest BCUT2D eigenvalue weighted by atomic mass is 16.5. The van der Waals surface area contributed by atoms with E-state index in [0.29, 0.717) is 5.92 Å². The molecule has 0 bridgehead atoms. The molecule has 21 heavy (non-hydrogen) atoms. The second kappa shape index (κ2) is 7.04. The minimum Gasteiger partial charge on any atom is -0.468 e. The normalized spacial score (nSPS) is 12.4. The van der Waals surface area contributed by atoms with Crippen molar-refractivity contribution in [3.63, 3.8) is 0 Å². The molecule has 5 heteroatoms. The van der Waals surface area contributed by atoms with Crippen LogP contribution in [-0.2, 0) is 9.53 Å². The second-order valence-electron chi connectivity index (χ2n) is 5.31. The van der Waals surface area contributed by atoms with Crippen molar-refractivity contribution in [2.75, 3.05) is 13.7 Å². The van der Waals surface area contributed by atoms with Gasteiger partial charge >= 0.3 is 5.97 Å². The predicted molar refractivity (Wildman–Crippen MR) is 81.2 cm³/mol. The topological polar surface area (TPSA) is 56.1 Å². The summed E-state index contributed by atoms with van der Waals surface area (Å²) in [6.07, 6.45) is 3.55. The summed E-state index contributed by atoms with van der Waals surface area (Å²) in [5.41, 5.74) is 1.75. The Labute approximate surface area is 124 Å². The molecule has 2 rings (SSSR count). The van der Waals surface area contributed by atoms with Gasteiger partial charge in [0, 0.05) is 11.8 Å². The average molecular weight is 287 g/mol. The minimum atomic E-state index is -0.491. The van der Waals surface area contributed by atoms with Crippen molar-refractivity contribution < 1.29 is 9.53 Å². The quantitative estimate of drug-likeness (QED) is 0.829. The molecule has 0 saturated heterocycles. The van der Waals surface area contributed by atoms with Crippen molar-refractivity contribution in [1.82, 2.24) is 15.1 Å². The number of hydrogen-bond acceptors (Lipinski definition) is 4. The van der Waals surface area contributed by atoms with Crippen LogP contribution in [-0.4, -0.2) is 29.4 Å². The summed E-state index contributed by atoms with van der Waals surface area (Å²) < 4.78 is 6.63. The monoisotopic (exact) mass is 287 g/mol. The first-order chi connectivity index (χ1) is 10.1. The lowest BCUT2D eigenvalue weighted by atomic mass is 10.1. The van der Waals surface area contributed by atoms with Gasteiger partial charge in [-0.15, -0.1) is 0 Å². The van der Waals surface area contributed by atoms with E-state index in [1.807, 2.05) is 36.5 Å². The number of benzene rings is 1. The number of nitrogens with zero attached hydrogens (tertiary/aromatic N) is 2. The van der Waals surface area contributed by atoms with Crippen molar-refractivity contribution in [3.8, 4) is 5.69 Å². The number of para-hydroxylation sites is 1. The van der Waals surface area contributed by atoms with Crippen molar-refractivity contribution in [3.05, 3.63) is 48.3 Å². The molecule has 1 heterocycles. The Hall–Kier alpha value is -2.14. The van der Waals surface area contributed by atoms with E-state index >= 15 is 0 Å². The summed E-state index contributed by atoms with van der Waals surface area (Å²) in [5, 5.41) is 7.54. The van der Waals surface area contributed by atoms with E-state index in [-0.39, 0.29) is 5.97 Å². The third-order valence-corrected chi connectivity index (χ3v) is 3.12. The molecule has 1 atom stereocenters. The van der Waals surface area contributed by atoms with Crippen LogP contribution in [0, 0.1) is 5.92 Å². The zero-order valence-electron chi connectivity index (χ0n) is 12.6. The lowest BCUT2D eigenvalue weighted by molar-refractivity contribution is -0.143. The number of methoxy groups -OCH3 is 1. The Morgan fingerprint density at radius 2 is 2.05 bits per heavy atom. The molecule has 0 spiro atoms. The van der Waals surface area contributed by atoms with Crippen LogP contribution in [0.2, 0.25) is 0 Å². The van der Waals surface area contributed by atoms with Crippen molar-refractivity contribution >= 4 is 5.97 Å². The number of aromatic nitrogens is 2. The fourth-order valence-corrected chi connectivity index (χ4v) is 2.02. The van der Waals surface area contributed by atoms with Crippen molar-refractivity contribution in [2.24, 2.45) is 5.92 Å². The Morgan fingerprint density at radius 3 is 2.67 bits per heavy atom. The van der Waals surface area contributed by atoms with Crippen LogP contribution >= 0.6 is 0 Å². The van der Waals surface area contributed by atoms with Crippen LogP contribution < -0.4 is 5.32 Å². The summed E-state index contributed by atoms with van der Waals surface area (Å²) in [6.45, 7) is 4.92. The van der Waals surface area contributed by atoms with E-state index in [9.17, 15) is 4.79 Å². The van der Waals surface area contributed by atoms with Gasteiger partial charge in [-0.1, -0.05) is 32.0 Å². The number of nitrogens with one attached hydrogen (secondary N) is 1. The van der Waals surface area contributed by atoms with E-state index in [2.05, 4.69) is 24.3 Å². The number of ether oxygens (including phenoxy) is 1. The standard InChI is InChI=1S/C16H21N3O2/c1-12(2)9-17-15(16(20)21-3)13-10-18-19(11-13)14-7-5-4-6-8-14/h4-8,10-12,15,17H,9H2,1-3H3. The van der Waals surface area contributed by atoms with Gasteiger partial charge in [-0.25, -0.2) is 9.48 Å². The first kappa shape index (κ1) is 15.3. The maximum Gasteiger partial charge on any atom is 0.327 e. The largest absolute Gasteiger partial charge is 0.468 e. The minimum absolute atomic E-state index is 0.303. The van der Waals surface area contributed by atoms with Crippen LogP contribution in [0.15, 0.2) is 42.7 Å². The second-order valence-corrected chi connectivity index (χ2v) is 5.31. The zero-order valence-corrected chi connectivity index (χ0v) is 12.6. The number of hydrogen-bond donors (Lipinski definition) is 1. The summed E-state index contributed by atoms with van der Waals surface area (Å²) in [5.74, 6) is 0.143. The molecule has 0 saturated carbocycles. The van der Waals surface area contributed by atoms with Crippen LogP contribution in [0.25, 0.3) is 5.69 Å². The summed E-state index contributed by atoms with van der Waals surface area (Å²) >= 11 is 0. The maximum absolute atomic E-state index is 11.9. The molecule has 0 amide bonds. The van der Waals surface area contributed by atoms with Crippen LogP contribution in [0.5, 0.6) is 0 Å². The van der Waals surface area contributed by atoms with E-state index in [1.165, 1.54) is 7.11 Å². The fourth-order valence-electron chi connectivity index (χ4n) is 2.02. The van der Waals surface area contributed by atoms with Crippen LogP contribution in [0.4, 0.5) is 0 Å². The van der Waals surface area contributed by atoms with Gasteiger partial charge in [-0.2, -0.15) is 5.10 Å². The van der Waals surface area contributed by atoms with E-state index in [4.69, 9.17) is 4.74 Å². The van der Waals surface area contributed by atoms with Gasteiger partial charge in [0.25, 0.3) is 0 Å². The number of carbonyl (C=O) groups is 1. The SMILES string of the molecule is COC(=O)C(NCC(C)C)c1cnn(-c2ccccc2)c1. The lowest BCUT2D eigenvalue weighted by Gasteiger charge is -2.16. The molecule has 0 aliphatic heterocycles. The molecule has 5 nitrogen and oxygen atoms in total. The molecule has 0 radical (unpaired) electrons. The van der Waals surface area contributed by atoms with Crippen molar-refractivity contribution in [1.29, 1.82) is 0 Å². The highest BCUT2D eigenvalue weighted by Crippen LogP contribution is 2.16. The van der Waals surface area contributed by atoms with Gasteiger partial charge < -0.3 is 10.1 Å². The predicted octanol–water partition coefficient (Wildman–Crippen LogP) is 2.33. The molecular formula is C16H21N3O2. The Kier molecular flexibility index (Phi) is 5.11. The molecular weight excluding hydrogens is 266 g/mol. The third-order valence-electron chi connectivity index (χ3n) is 3.12. The molecule has 1 N–H and O–H groups in total. The Balaban J connectivity index is 2.21. The molecule has 112 valence electrons. The highest BCUT2D eigenvalue weighted by Gasteiger charge is 2.22. The van der Waals surface area contributed by atoms with E-state index in [0.717, 1.165) is 17.8 Å². The Morgan fingerprint density at radius 1 is 1.33 bits per heavy atom. The lowest BCUT2D eigenvalue weighted by Crippen LogP contribution is -2.32. The van der Waals surface area contributed by atoms with Gasteiger partial charge in [0.1, 0.15) is 6.04 Å². The third kappa shape index (κ3) is 3.92. The number of rotatable bonds is 6. The van der Waals surface area contributed by atoms with Gasteiger partial charge in [0.15, 0.2) is 0 Å². The van der Waals surface area contributed by atoms with Gasteiger partial charge in [0.05, 0.1) is 19.0 Å². The first-order valence-electron chi connectivity index (χ1n) is 7.03. The van der Waals surface area contributed by atoms with E-state index < -0.39 is 6.04 Å². The molecule has 1 aromatic carbocycles. The molecule has 2 aromatic rings. The van der Waals surface area contributed by atoms with Gasteiger partial charge in [-0.3, -0.25) is 0 Å². The number of carbonyl (C=O) groups excluding carboxylic acids is 1. The number of esters is 1. The maximum atomic E-state index is 11.9. The fraction of sp³-hybridized carbons (Fsp3) is 0.375.